The first-order chi connectivity index (χ1) is 8.67. The zero-order valence-electron chi connectivity index (χ0n) is 11.1. The van der Waals surface area contributed by atoms with Gasteiger partial charge in [0.15, 0.2) is 0 Å². The van der Waals surface area contributed by atoms with Crippen LogP contribution >= 0.6 is 0 Å². The van der Waals surface area contributed by atoms with Crippen LogP contribution in [0, 0.1) is 24.2 Å². The molecule has 0 aliphatic heterocycles. The molecule has 18 heavy (non-hydrogen) atoms. The summed E-state index contributed by atoms with van der Waals surface area (Å²) in [5.74, 6) is 1.33. The highest BCUT2D eigenvalue weighted by atomic mass is 15.3. The Morgan fingerprint density at radius 2 is 2.22 bits per heavy atom. The highest BCUT2D eigenvalue weighted by Gasteiger charge is 2.26. The molecule has 1 aromatic heterocycles. The zero-order valence-corrected chi connectivity index (χ0v) is 11.1. The first-order valence-corrected chi connectivity index (χ1v) is 6.57. The lowest BCUT2D eigenvalue weighted by molar-refractivity contribution is 0.331. The van der Waals surface area contributed by atoms with Crippen molar-refractivity contribution in [2.24, 2.45) is 18.7 Å². The molecule has 0 aromatic carbocycles. The van der Waals surface area contributed by atoms with Crippen LogP contribution in [0.25, 0.3) is 0 Å². The van der Waals surface area contributed by atoms with E-state index < -0.39 is 0 Å². The lowest BCUT2D eigenvalue weighted by atomic mass is 9.84. The van der Waals surface area contributed by atoms with Gasteiger partial charge in [-0.25, -0.2) is 0 Å². The largest absolute Gasteiger partial charge is 0.366 e. The number of rotatable bonds is 3. The van der Waals surface area contributed by atoms with Gasteiger partial charge in [0.2, 0.25) is 0 Å². The molecular weight excluding hydrogens is 226 g/mol. The SMILES string of the molecule is Cc1nn(C)c(NC2CCCCC2CN)c1C#N. The Morgan fingerprint density at radius 1 is 1.50 bits per heavy atom. The minimum atomic E-state index is 0.366. The molecule has 0 bridgehead atoms. The summed E-state index contributed by atoms with van der Waals surface area (Å²) in [6.45, 7) is 2.57. The van der Waals surface area contributed by atoms with E-state index in [2.05, 4.69) is 16.5 Å². The number of anilines is 1. The molecule has 0 spiro atoms. The maximum Gasteiger partial charge on any atom is 0.142 e. The number of nitriles is 1. The lowest BCUT2D eigenvalue weighted by Gasteiger charge is -2.32. The summed E-state index contributed by atoms with van der Waals surface area (Å²) < 4.78 is 1.76. The van der Waals surface area contributed by atoms with Gasteiger partial charge in [0.05, 0.1) is 5.69 Å². The molecule has 2 unspecified atom stereocenters. The van der Waals surface area contributed by atoms with Crippen molar-refractivity contribution >= 4 is 5.82 Å². The summed E-state index contributed by atoms with van der Waals surface area (Å²) in [6.07, 6.45) is 4.78. The smallest absolute Gasteiger partial charge is 0.142 e. The van der Waals surface area contributed by atoms with Crippen LogP contribution in [0.3, 0.4) is 0 Å². The lowest BCUT2D eigenvalue weighted by Crippen LogP contribution is -2.37. The van der Waals surface area contributed by atoms with Crippen LogP contribution < -0.4 is 11.1 Å². The first-order valence-electron chi connectivity index (χ1n) is 6.57. The number of hydrogen-bond donors (Lipinski definition) is 2. The van der Waals surface area contributed by atoms with Gasteiger partial charge in [-0.05, 0) is 32.2 Å². The van der Waals surface area contributed by atoms with Gasteiger partial charge >= 0.3 is 0 Å². The van der Waals surface area contributed by atoms with Crippen molar-refractivity contribution < 1.29 is 0 Å². The van der Waals surface area contributed by atoms with Crippen molar-refractivity contribution in [3.8, 4) is 6.07 Å². The highest BCUT2D eigenvalue weighted by molar-refractivity contribution is 5.55. The fourth-order valence-corrected chi connectivity index (χ4v) is 2.81. The van der Waals surface area contributed by atoms with Crippen molar-refractivity contribution in [3.05, 3.63) is 11.3 Å². The first kappa shape index (κ1) is 12.9. The monoisotopic (exact) mass is 247 g/mol. The maximum atomic E-state index is 9.20. The quantitative estimate of drug-likeness (QED) is 0.849. The maximum absolute atomic E-state index is 9.20. The van der Waals surface area contributed by atoms with Gasteiger partial charge < -0.3 is 11.1 Å². The minimum Gasteiger partial charge on any atom is -0.366 e. The number of aromatic nitrogens is 2. The van der Waals surface area contributed by atoms with Gasteiger partial charge in [-0.1, -0.05) is 12.8 Å². The molecule has 1 saturated carbocycles. The molecule has 5 nitrogen and oxygen atoms in total. The standard InChI is InChI=1S/C13H21N5/c1-9-11(8-15)13(18(2)17-9)16-12-6-4-3-5-10(12)7-14/h10,12,16H,3-7,14H2,1-2H3. The molecule has 1 fully saturated rings. The Labute approximate surface area is 108 Å². The van der Waals surface area contributed by atoms with Crippen LogP contribution in [0.2, 0.25) is 0 Å². The topological polar surface area (TPSA) is 79.7 Å². The summed E-state index contributed by atoms with van der Waals surface area (Å²) in [5.41, 5.74) is 7.27. The Kier molecular flexibility index (Phi) is 3.87. The van der Waals surface area contributed by atoms with E-state index in [0.29, 0.717) is 24.1 Å². The number of hydrogen-bond acceptors (Lipinski definition) is 4. The predicted molar refractivity (Wildman–Crippen MR) is 71.1 cm³/mol. The molecule has 0 saturated heterocycles. The van der Waals surface area contributed by atoms with E-state index in [-0.39, 0.29) is 0 Å². The van der Waals surface area contributed by atoms with Gasteiger partial charge in [0.1, 0.15) is 17.5 Å². The van der Waals surface area contributed by atoms with Crippen molar-refractivity contribution in [1.29, 1.82) is 5.26 Å². The van der Waals surface area contributed by atoms with E-state index in [4.69, 9.17) is 5.73 Å². The average molecular weight is 247 g/mol. The van der Waals surface area contributed by atoms with E-state index in [1.54, 1.807) is 4.68 Å². The third kappa shape index (κ3) is 2.34. The zero-order chi connectivity index (χ0) is 13.1. The van der Waals surface area contributed by atoms with E-state index in [0.717, 1.165) is 17.9 Å². The molecule has 1 aliphatic rings. The van der Waals surface area contributed by atoms with E-state index in [9.17, 15) is 5.26 Å². The van der Waals surface area contributed by atoms with Crippen LogP contribution in [0.5, 0.6) is 0 Å². The molecule has 1 aliphatic carbocycles. The van der Waals surface area contributed by atoms with Crippen LogP contribution in [0.1, 0.15) is 36.9 Å². The van der Waals surface area contributed by atoms with E-state index in [1.807, 2.05) is 14.0 Å². The van der Waals surface area contributed by atoms with Crippen molar-refractivity contribution in [1.82, 2.24) is 9.78 Å². The number of nitrogens with two attached hydrogens (primary N) is 1. The summed E-state index contributed by atoms with van der Waals surface area (Å²) in [7, 11) is 1.87. The van der Waals surface area contributed by atoms with E-state index >= 15 is 0 Å². The molecule has 1 heterocycles. The van der Waals surface area contributed by atoms with Gasteiger partial charge in [-0.3, -0.25) is 4.68 Å². The Morgan fingerprint density at radius 3 is 2.89 bits per heavy atom. The predicted octanol–water partition coefficient (Wildman–Crippen LogP) is 1.53. The van der Waals surface area contributed by atoms with Crippen molar-refractivity contribution in [2.75, 3.05) is 11.9 Å². The molecule has 0 radical (unpaired) electrons. The number of aryl methyl sites for hydroxylation is 2. The van der Waals surface area contributed by atoms with Crippen LogP contribution in [-0.4, -0.2) is 22.4 Å². The summed E-state index contributed by atoms with van der Waals surface area (Å²) in [5, 5.41) is 17.0. The second kappa shape index (κ2) is 5.40. The molecule has 3 N–H and O–H groups in total. The van der Waals surface area contributed by atoms with Gasteiger partial charge in [0, 0.05) is 13.1 Å². The van der Waals surface area contributed by atoms with Crippen molar-refractivity contribution in [3.63, 3.8) is 0 Å². The number of nitrogens with one attached hydrogen (secondary N) is 1. The summed E-state index contributed by atoms with van der Waals surface area (Å²) in [4.78, 5) is 0. The average Bonchev–Trinajstić information content (AvgIpc) is 2.64. The second-order valence-corrected chi connectivity index (χ2v) is 5.08. The Hall–Kier alpha value is -1.54. The van der Waals surface area contributed by atoms with Crippen LogP contribution in [0.4, 0.5) is 5.82 Å². The molecule has 98 valence electrons. The van der Waals surface area contributed by atoms with E-state index in [1.165, 1.54) is 19.3 Å². The fraction of sp³-hybridized carbons (Fsp3) is 0.692. The van der Waals surface area contributed by atoms with Gasteiger partial charge in [-0.2, -0.15) is 10.4 Å². The molecule has 1 aromatic rings. The molecule has 2 rings (SSSR count). The molecule has 2 atom stereocenters. The third-order valence-electron chi connectivity index (χ3n) is 3.87. The fourth-order valence-electron chi connectivity index (χ4n) is 2.81. The van der Waals surface area contributed by atoms with Gasteiger partial charge in [0.25, 0.3) is 0 Å². The normalized spacial score (nSPS) is 23.7. The molecular formula is C13H21N5. The summed E-state index contributed by atoms with van der Waals surface area (Å²) >= 11 is 0. The minimum absolute atomic E-state index is 0.366. The molecule has 0 amide bonds. The van der Waals surface area contributed by atoms with Crippen LogP contribution in [0.15, 0.2) is 0 Å². The molecule has 5 heteroatoms. The summed E-state index contributed by atoms with van der Waals surface area (Å²) in [6, 6.07) is 2.60. The Bertz CT molecular complexity index is 457. The second-order valence-electron chi connectivity index (χ2n) is 5.08. The Balaban J connectivity index is 2.20. The third-order valence-corrected chi connectivity index (χ3v) is 3.87. The van der Waals surface area contributed by atoms with Gasteiger partial charge in [-0.15, -0.1) is 0 Å². The van der Waals surface area contributed by atoms with Crippen molar-refractivity contribution in [2.45, 2.75) is 38.6 Å². The number of nitrogens with zero attached hydrogens (tertiary/aromatic N) is 3. The van der Waals surface area contributed by atoms with Crippen LogP contribution in [-0.2, 0) is 7.05 Å². The highest BCUT2D eigenvalue weighted by Crippen LogP contribution is 2.28.